The van der Waals surface area contributed by atoms with E-state index in [4.69, 9.17) is 4.74 Å². The molecular formula is C16H21N5O3. The molecule has 2 aromatic rings. The van der Waals surface area contributed by atoms with Crippen molar-refractivity contribution in [2.75, 3.05) is 19.7 Å². The van der Waals surface area contributed by atoms with Crippen LogP contribution in [0.15, 0.2) is 35.1 Å². The van der Waals surface area contributed by atoms with Crippen molar-refractivity contribution in [3.05, 3.63) is 40.8 Å². The SMILES string of the molecule is CCOC(=O)[C@@H]1CCCN(Cn2nnn(-c3ccccc3)c2=O)C1. The van der Waals surface area contributed by atoms with Crippen LogP contribution in [0.5, 0.6) is 0 Å². The number of carbonyl (C=O) groups is 1. The van der Waals surface area contributed by atoms with Crippen LogP contribution in [0.1, 0.15) is 19.8 Å². The van der Waals surface area contributed by atoms with Crippen LogP contribution < -0.4 is 5.69 Å². The third-order valence-electron chi connectivity index (χ3n) is 4.10. The van der Waals surface area contributed by atoms with E-state index in [-0.39, 0.29) is 17.6 Å². The van der Waals surface area contributed by atoms with E-state index in [1.165, 1.54) is 9.36 Å². The highest BCUT2D eigenvalue weighted by Crippen LogP contribution is 2.18. The number of hydrogen-bond acceptors (Lipinski definition) is 6. The number of aromatic nitrogens is 4. The van der Waals surface area contributed by atoms with Gasteiger partial charge in [-0.15, -0.1) is 0 Å². The molecule has 24 heavy (non-hydrogen) atoms. The first kappa shape index (κ1) is 16.4. The second kappa shape index (κ2) is 7.39. The lowest BCUT2D eigenvalue weighted by Gasteiger charge is -2.30. The first-order valence-corrected chi connectivity index (χ1v) is 8.16. The number of esters is 1. The number of hydrogen-bond donors (Lipinski definition) is 0. The average molecular weight is 331 g/mol. The Morgan fingerprint density at radius 2 is 2.08 bits per heavy atom. The Balaban J connectivity index is 1.69. The normalized spacial score (nSPS) is 18.5. The van der Waals surface area contributed by atoms with Crippen molar-refractivity contribution in [1.29, 1.82) is 0 Å². The van der Waals surface area contributed by atoms with Crippen LogP contribution >= 0.6 is 0 Å². The van der Waals surface area contributed by atoms with Gasteiger partial charge in [-0.25, -0.2) is 4.79 Å². The molecule has 0 spiro atoms. The van der Waals surface area contributed by atoms with Crippen molar-refractivity contribution in [2.24, 2.45) is 5.92 Å². The maximum atomic E-state index is 12.4. The van der Waals surface area contributed by atoms with Gasteiger partial charge in [-0.3, -0.25) is 9.69 Å². The molecule has 1 saturated heterocycles. The van der Waals surface area contributed by atoms with Gasteiger partial charge in [-0.05, 0) is 48.9 Å². The first-order valence-electron chi connectivity index (χ1n) is 8.16. The fraction of sp³-hybridized carbons (Fsp3) is 0.500. The molecule has 128 valence electrons. The van der Waals surface area contributed by atoms with E-state index in [0.717, 1.165) is 19.4 Å². The number of nitrogens with zero attached hydrogens (tertiary/aromatic N) is 5. The average Bonchev–Trinajstić information content (AvgIpc) is 2.97. The van der Waals surface area contributed by atoms with E-state index in [1.54, 1.807) is 19.1 Å². The topological polar surface area (TPSA) is 82.2 Å². The fourth-order valence-electron chi connectivity index (χ4n) is 2.92. The predicted octanol–water partition coefficient (Wildman–Crippen LogP) is 0.662. The number of tetrazole rings is 1. The predicted molar refractivity (Wildman–Crippen MR) is 86.5 cm³/mol. The van der Waals surface area contributed by atoms with Gasteiger partial charge in [-0.2, -0.15) is 9.36 Å². The number of benzene rings is 1. The zero-order valence-corrected chi connectivity index (χ0v) is 13.7. The summed E-state index contributed by atoms with van der Waals surface area (Å²) in [5.74, 6) is -0.305. The molecule has 1 fully saturated rings. The number of ether oxygens (including phenoxy) is 1. The zero-order valence-electron chi connectivity index (χ0n) is 13.7. The van der Waals surface area contributed by atoms with E-state index in [9.17, 15) is 9.59 Å². The lowest BCUT2D eigenvalue weighted by molar-refractivity contribution is -0.150. The second-order valence-corrected chi connectivity index (χ2v) is 5.82. The maximum Gasteiger partial charge on any atom is 0.369 e. The first-order chi connectivity index (χ1) is 11.7. The van der Waals surface area contributed by atoms with Gasteiger partial charge in [0, 0.05) is 6.54 Å². The maximum absolute atomic E-state index is 12.4. The molecule has 1 aromatic carbocycles. The third-order valence-corrected chi connectivity index (χ3v) is 4.10. The van der Waals surface area contributed by atoms with Gasteiger partial charge in [0.25, 0.3) is 0 Å². The van der Waals surface area contributed by atoms with Gasteiger partial charge < -0.3 is 4.74 Å². The van der Waals surface area contributed by atoms with Gasteiger partial charge in [0.2, 0.25) is 0 Å². The van der Waals surface area contributed by atoms with Crippen molar-refractivity contribution in [1.82, 2.24) is 24.7 Å². The fourth-order valence-corrected chi connectivity index (χ4v) is 2.92. The minimum atomic E-state index is -0.292. The van der Waals surface area contributed by atoms with Crippen LogP contribution in [-0.2, 0) is 16.2 Å². The Morgan fingerprint density at radius 3 is 2.83 bits per heavy atom. The minimum absolute atomic E-state index is 0.140. The number of rotatable bonds is 5. The number of piperidine rings is 1. The lowest BCUT2D eigenvalue weighted by Crippen LogP contribution is -2.42. The summed E-state index contributed by atoms with van der Waals surface area (Å²) in [6.07, 6.45) is 1.71. The molecule has 0 radical (unpaired) electrons. The Bertz CT molecular complexity index is 740. The van der Waals surface area contributed by atoms with E-state index in [1.807, 2.05) is 23.1 Å². The van der Waals surface area contributed by atoms with Crippen LogP contribution in [0, 0.1) is 5.92 Å². The summed E-state index contributed by atoms with van der Waals surface area (Å²) < 4.78 is 7.69. The molecule has 2 heterocycles. The van der Waals surface area contributed by atoms with Crippen molar-refractivity contribution >= 4 is 5.97 Å². The molecule has 0 bridgehead atoms. The van der Waals surface area contributed by atoms with Crippen LogP contribution in [0.2, 0.25) is 0 Å². The number of likely N-dealkylation sites (tertiary alicyclic amines) is 1. The second-order valence-electron chi connectivity index (χ2n) is 5.82. The summed E-state index contributed by atoms with van der Waals surface area (Å²) in [5, 5.41) is 7.89. The smallest absolute Gasteiger partial charge is 0.369 e. The summed E-state index contributed by atoms with van der Waals surface area (Å²) >= 11 is 0. The van der Waals surface area contributed by atoms with Crippen molar-refractivity contribution < 1.29 is 9.53 Å². The highest BCUT2D eigenvalue weighted by Gasteiger charge is 2.27. The largest absolute Gasteiger partial charge is 0.466 e. The molecule has 0 aliphatic carbocycles. The van der Waals surface area contributed by atoms with Gasteiger partial charge in [0.05, 0.1) is 18.2 Å². The highest BCUT2D eigenvalue weighted by molar-refractivity contribution is 5.72. The van der Waals surface area contributed by atoms with Gasteiger partial charge >= 0.3 is 11.7 Å². The summed E-state index contributed by atoms with van der Waals surface area (Å²) in [5.41, 5.74) is 0.385. The molecule has 8 nitrogen and oxygen atoms in total. The molecule has 0 amide bonds. The standard InChI is InChI=1S/C16H21N5O3/c1-2-24-15(22)13-7-6-10-19(11-13)12-20-16(23)21(18-17-20)14-8-4-3-5-9-14/h3-5,8-9,13H,2,6-7,10-12H2,1H3/t13-/m1/s1. The molecule has 1 atom stereocenters. The molecule has 0 unspecified atom stereocenters. The molecule has 8 heteroatoms. The van der Waals surface area contributed by atoms with Crippen molar-refractivity contribution in [2.45, 2.75) is 26.4 Å². The van der Waals surface area contributed by atoms with Crippen LogP contribution in [0.25, 0.3) is 5.69 Å². The Labute approximate surface area is 139 Å². The van der Waals surface area contributed by atoms with Gasteiger partial charge in [0.1, 0.15) is 6.67 Å². The summed E-state index contributed by atoms with van der Waals surface area (Å²) in [6.45, 7) is 3.91. The van der Waals surface area contributed by atoms with E-state index in [2.05, 4.69) is 10.4 Å². The third kappa shape index (κ3) is 3.53. The van der Waals surface area contributed by atoms with Crippen molar-refractivity contribution in [3.63, 3.8) is 0 Å². The van der Waals surface area contributed by atoms with Crippen molar-refractivity contribution in [3.8, 4) is 5.69 Å². The zero-order chi connectivity index (χ0) is 16.9. The summed E-state index contributed by atoms with van der Waals surface area (Å²) in [6, 6.07) is 9.17. The van der Waals surface area contributed by atoms with E-state index >= 15 is 0 Å². The molecule has 1 aliphatic heterocycles. The number of carbonyl (C=O) groups excluding carboxylic acids is 1. The molecule has 0 N–H and O–H groups in total. The Morgan fingerprint density at radius 1 is 1.29 bits per heavy atom. The molecule has 0 saturated carbocycles. The Kier molecular flexibility index (Phi) is 5.05. The monoisotopic (exact) mass is 331 g/mol. The lowest BCUT2D eigenvalue weighted by atomic mass is 9.99. The Hall–Kier alpha value is -2.48. The molecule has 1 aromatic heterocycles. The van der Waals surface area contributed by atoms with E-state index < -0.39 is 0 Å². The van der Waals surface area contributed by atoms with E-state index in [0.29, 0.717) is 25.5 Å². The summed E-state index contributed by atoms with van der Waals surface area (Å²) in [4.78, 5) is 26.4. The summed E-state index contributed by atoms with van der Waals surface area (Å²) in [7, 11) is 0. The molecule has 3 rings (SSSR count). The van der Waals surface area contributed by atoms with Gasteiger partial charge in [0.15, 0.2) is 0 Å². The highest BCUT2D eigenvalue weighted by atomic mass is 16.5. The quantitative estimate of drug-likeness (QED) is 0.749. The molecule has 1 aliphatic rings. The number of para-hydroxylation sites is 1. The minimum Gasteiger partial charge on any atom is -0.466 e. The van der Waals surface area contributed by atoms with Crippen LogP contribution in [0.4, 0.5) is 0 Å². The van der Waals surface area contributed by atoms with Crippen LogP contribution in [0.3, 0.4) is 0 Å². The van der Waals surface area contributed by atoms with Gasteiger partial charge in [-0.1, -0.05) is 18.2 Å². The van der Waals surface area contributed by atoms with Crippen LogP contribution in [-0.4, -0.2) is 50.4 Å². The molecular weight excluding hydrogens is 310 g/mol.